The molecule has 0 aliphatic heterocycles. The predicted molar refractivity (Wildman–Crippen MR) is 68.2 cm³/mol. The molecule has 1 N–H and O–H groups in total. The van der Waals surface area contributed by atoms with Crippen molar-refractivity contribution in [2.45, 2.75) is 18.2 Å². The molecule has 1 aromatic rings. The average molecular weight is 310 g/mol. The number of rotatable bonds is 6. The van der Waals surface area contributed by atoms with Crippen molar-refractivity contribution < 1.29 is 22.3 Å². The van der Waals surface area contributed by atoms with Crippen molar-refractivity contribution in [1.82, 2.24) is 5.32 Å². The Hall–Kier alpha value is -1.34. The zero-order valence-corrected chi connectivity index (χ0v) is 11.7. The summed E-state index contributed by atoms with van der Waals surface area (Å²) in [5.41, 5.74) is 0. The first-order valence-electron chi connectivity index (χ1n) is 5.48. The van der Waals surface area contributed by atoms with Gasteiger partial charge in [-0.05, 0) is 24.6 Å². The highest BCUT2D eigenvalue weighted by Crippen LogP contribution is 2.23. The molecular formula is C11H13ClFNO4S. The minimum Gasteiger partial charge on any atom is -0.481 e. The molecular weight excluding hydrogens is 297 g/mol. The summed E-state index contributed by atoms with van der Waals surface area (Å²) in [6.07, 6.45) is 0.780. The number of carbonyl (C=O) groups excluding carboxylic acids is 1. The van der Waals surface area contributed by atoms with E-state index < -0.39 is 14.9 Å². The molecule has 19 heavy (non-hydrogen) atoms. The van der Waals surface area contributed by atoms with Crippen LogP contribution in [0.1, 0.15) is 13.3 Å². The normalized spacial score (nSPS) is 11.1. The highest BCUT2D eigenvalue weighted by Gasteiger charge is 2.14. The molecule has 1 aromatic carbocycles. The third-order valence-corrected chi connectivity index (χ3v) is 3.47. The van der Waals surface area contributed by atoms with Crippen LogP contribution < -0.4 is 10.1 Å². The fourth-order valence-electron chi connectivity index (χ4n) is 1.21. The lowest BCUT2D eigenvalue weighted by molar-refractivity contribution is -0.123. The van der Waals surface area contributed by atoms with Gasteiger partial charge in [-0.2, -0.15) is 0 Å². The molecule has 0 atom stereocenters. The van der Waals surface area contributed by atoms with Crippen LogP contribution in [0.5, 0.6) is 5.75 Å². The van der Waals surface area contributed by atoms with Crippen molar-refractivity contribution in [3.63, 3.8) is 0 Å². The maximum Gasteiger partial charge on any atom is 0.261 e. The summed E-state index contributed by atoms with van der Waals surface area (Å²) in [6.45, 7) is 2.06. The number of nitrogens with one attached hydrogen (secondary N) is 1. The molecule has 0 heterocycles. The monoisotopic (exact) mass is 309 g/mol. The van der Waals surface area contributed by atoms with E-state index in [1.54, 1.807) is 0 Å². The van der Waals surface area contributed by atoms with E-state index in [0.29, 0.717) is 6.54 Å². The fourth-order valence-corrected chi connectivity index (χ4v) is 1.97. The van der Waals surface area contributed by atoms with Gasteiger partial charge in [0, 0.05) is 17.2 Å². The zero-order chi connectivity index (χ0) is 14.5. The van der Waals surface area contributed by atoms with E-state index in [9.17, 15) is 17.6 Å². The van der Waals surface area contributed by atoms with E-state index in [4.69, 9.17) is 15.4 Å². The molecule has 0 saturated heterocycles. The first kappa shape index (κ1) is 15.7. The summed E-state index contributed by atoms with van der Waals surface area (Å²) >= 11 is 0. The summed E-state index contributed by atoms with van der Waals surface area (Å²) in [6, 6.07) is 2.95. The van der Waals surface area contributed by atoms with E-state index >= 15 is 0 Å². The van der Waals surface area contributed by atoms with Gasteiger partial charge in [-0.1, -0.05) is 6.92 Å². The number of hydrogen-bond acceptors (Lipinski definition) is 4. The van der Waals surface area contributed by atoms with Crippen LogP contribution in [0.3, 0.4) is 0 Å². The summed E-state index contributed by atoms with van der Waals surface area (Å²) in [4.78, 5) is 10.9. The second-order valence-corrected chi connectivity index (χ2v) is 6.23. The number of ether oxygens (including phenoxy) is 1. The molecule has 0 spiro atoms. The van der Waals surface area contributed by atoms with Gasteiger partial charge in [0.2, 0.25) is 0 Å². The van der Waals surface area contributed by atoms with Crippen molar-refractivity contribution in [3.05, 3.63) is 24.0 Å². The van der Waals surface area contributed by atoms with E-state index in [1.165, 1.54) is 0 Å². The first-order valence-corrected chi connectivity index (χ1v) is 7.79. The standard InChI is InChI=1S/C11H13ClFNO4S/c1-2-5-14-11(15)7-18-10-4-3-8(6-9(10)13)19(12,16)17/h3-4,6H,2,5,7H2,1H3,(H,14,15). The highest BCUT2D eigenvalue weighted by molar-refractivity contribution is 8.13. The van der Waals surface area contributed by atoms with Crippen molar-refractivity contribution in [2.75, 3.05) is 13.2 Å². The lowest BCUT2D eigenvalue weighted by atomic mass is 10.3. The van der Waals surface area contributed by atoms with Crippen LogP contribution in [0, 0.1) is 5.82 Å². The van der Waals surface area contributed by atoms with Gasteiger partial charge in [0.05, 0.1) is 4.90 Å². The molecule has 0 bridgehead atoms. The number of amides is 1. The fraction of sp³-hybridized carbons (Fsp3) is 0.364. The van der Waals surface area contributed by atoms with E-state index in [0.717, 1.165) is 24.6 Å². The van der Waals surface area contributed by atoms with Gasteiger partial charge in [-0.25, -0.2) is 12.8 Å². The Morgan fingerprint density at radius 3 is 2.68 bits per heavy atom. The molecule has 0 radical (unpaired) electrons. The van der Waals surface area contributed by atoms with Crippen molar-refractivity contribution in [2.24, 2.45) is 0 Å². The molecule has 1 rings (SSSR count). The molecule has 1 amide bonds. The predicted octanol–water partition coefficient (Wildman–Crippen LogP) is 1.66. The Bertz CT molecular complexity index is 562. The van der Waals surface area contributed by atoms with Crippen LogP contribution in [0.2, 0.25) is 0 Å². The lowest BCUT2D eigenvalue weighted by Crippen LogP contribution is -2.29. The quantitative estimate of drug-likeness (QED) is 0.811. The Morgan fingerprint density at radius 2 is 2.16 bits per heavy atom. The highest BCUT2D eigenvalue weighted by atomic mass is 35.7. The Balaban J connectivity index is 2.68. The van der Waals surface area contributed by atoms with E-state index in [1.807, 2.05) is 6.92 Å². The van der Waals surface area contributed by atoms with Gasteiger partial charge in [0.15, 0.2) is 18.2 Å². The average Bonchev–Trinajstić information content (AvgIpc) is 2.33. The molecule has 0 aromatic heterocycles. The molecule has 8 heteroatoms. The maximum atomic E-state index is 13.5. The van der Waals surface area contributed by atoms with Crippen LogP contribution in [0.15, 0.2) is 23.1 Å². The maximum absolute atomic E-state index is 13.5. The number of hydrogen-bond donors (Lipinski definition) is 1. The van der Waals surface area contributed by atoms with Gasteiger partial charge in [0.25, 0.3) is 15.0 Å². The summed E-state index contributed by atoms with van der Waals surface area (Å²) < 4.78 is 40.4. The van der Waals surface area contributed by atoms with Crippen LogP contribution >= 0.6 is 10.7 Å². The number of halogens is 2. The molecule has 0 fully saturated rings. The van der Waals surface area contributed by atoms with E-state index in [-0.39, 0.29) is 23.2 Å². The molecule has 106 valence electrons. The molecule has 5 nitrogen and oxygen atoms in total. The SMILES string of the molecule is CCCNC(=O)COc1ccc(S(=O)(=O)Cl)cc1F. The summed E-state index contributed by atoms with van der Waals surface area (Å²) in [7, 11) is 1.08. The van der Waals surface area contributed by atoms with Gasteiger partial charge in [-0.3, -0.25) is 4.79 Å². The number of benzene rings is 1. The van der Waals surface area contributed by atoms with Gasteiger partial charge < -0.3 is 10.1 Å². The Kier molecular flexibility index (Phi) is 5.56. The van der Waals surface area contributed by atoms with Crippen LogP contribution in [0.4, 0.5) is 4.39 Å². The molecule has 0 unspecified atom stereocenters. The van der Waals surface area contributed by atoms with Crippen LogP contribution in [-0.4, -0.2) is 27.5 Å². The third kappa shape index (κ3) is 5.04. The smallest absolute Gasteiger partial charge is 0.261 e. The lowest BCUT2D eigenvalue weighted by Gasteiger charge is -2.08. The van der Waals surface area contributed by atoms with Gasteiger partial charge >= 0.3 is 0 Å². The van der Waals surface area contributed by atoms with Crippen molar-refractivity contribution in [3.8, 4) is 5.75 Å². The Morgan fingerprint density at radius 1 is 1.47 bits per heavy atom. The minimum absolute atomic E-state index is 0.212. The van der Waals surface area contributed by atoms with E-state index in [2.05, 4.69) is 5.32 Å². The molecule has 0 aliphatic carbocycles. The molecule has 0 aliphatic rings. The topological polar surface area (TPSA) is 72.5 Å². The zero-order valence-electron chi connectivity index (χ0n) is 10.2. The van der Waals surface area contributed by atoms with Crippen LogP contribution in [-0.2, 0) is 13.8 Å². The minimum atomic E-state index is -3.99. The van der Waals surface area contributed by atoms with Gasteiger partial charge in [-0.15, -0.1) is 0 Å². The van der Waals surface area contributed by atoms with Gasteiger partial charge in [0.1, 0.15) is 0 Å². The Labute approximate surface area is 115 Å². The molecule has 0 saturated carbocycles. The summed E-state index contributed by atoms with van der Waals surface area (Å²) in [5, 5.41) is 2.55. The second kappa shape index (κ2) is 6.72. The summed E-state index contributed by atoms with van der Waals surface area (Å²) in [5.74, 6) is -1.49. The number of carbonyl (C=O) groups is 1. The largest absolute Gasteiger partial charge is 0.481 e. The third-order valence-electron chi connectivity index (χ3n) is 2.12. The van der Waals surface area contributed by atoms with Crippen molar-refractivity contribution >= 4 is 25.6 Å². The first-order chi connectivity index (χ1) is 8.84. The van der Waals surface area contributed by atoms with Crippen molar-refractivity contribution in [1.29, 1.82) is 0 Å². The second-order valence-electron chi connectivity index (χ2n) is 3.67. The van der Waals surface area contributed by atoms with Crippen LogP contribution in [0.25, 0.3) is 0 Å².